The molecule has 1 aliphatic rings. The molecule has 0 fully saturated rings. The second-order valence-corrected chi connectivity index (χ2v) is 3.76. The zero-order valence-corrected chi connectivity index (χ0v) is 10.2. The summed E-state index contributed by atoms with van der Waals surface area (Å²) in [6, 6.07) is 0. The molecule has 0 aliphatic carbocycles. The SMILES string of the molecule is CCOC1C=CC(COC(C)(C)OC)=NO1. The van der Waals surface area contributed by atoms with Gasteiger partial charge in [-0.05, 0) is 32.9 Å². The van der Waals surface area contributed by atoms with E-state index in [0.29, 0.717) is 18.9 Å². The minimum Gasteiger partial charge on any atom is -0.359 e. The van der Waals surface area contributed by atoms with Gasteiger partial charge in [0.05, 0.1) is 6.61 Å². The Bertz CT molecular complexity index is 273. The molecule has 1 rings (SSSR count). The van der Waals surface area contributed by atoms with E-state index in [4.69, 9.17) is 19.0 Å². The first-order chi connectivity index (χ1) is 7.57. The van der Waals surface area contributed by atoms with Gasteiger partial charge in [0, 0.05) is 13.7 Å². The minimum atomic E-state index is -0.618. The third-order valence-electron chi connectivity index (χ3n) is 2.11. The molecule has 0 N–H and O–H groups in total. The van der Waals surface area contributed by atoms with Gasteiger partial charge in [-0.15, -0.1) is 0 Å². The molecule has 0 amide bonds. The van der Waals surface area contributed by atoms with Gasteiger partial charge in [0.1, 0.15) is 5.71 Å². The molecule has 0 radical (unpaired) electrons. The molecule has 5 nitrogen and oxygen atoms in total. The van der Waals surface area contributed by atoms with Gasteiger partial charge in [-0.1, -0.05) is 5.16 Å². The first-order valence-corrected chi connectivity index (χ1v) is 5.29. The standard InChI is InChI=1S/C11H19NO4/c1-5-14-10-7-6-9(12-16-10)8-15-11(2,3)13-4/h6-7,10H,5,8H2,1-4H3. The lowest BCUT2D eigenvalue weighted by Gasteiger charge is -2.24. The highest BCUT2D eigenvalue weighted by Gasteiger charge is 2.18. The summed E-state index contributed by atoms with van der Waals surface area (Å²) in [4.78, 5) is 5.09. The van der Waals surface area contributed by atoms with E-state index in [1.165, 1.54) is 0 Å². The summed E-state index contributed by atoms with van der Waals surface area (Å²) in [7, 11) is 1.60. The van der Waals surface area contributed by atoms with E-state index in [1.807, 2.05) is 26.8 Å². The fourth-order valence-corrected chi connectivity index (χ4v) is 1.01. The van der Waals surface area contributed by atoms with Gasteiger partial charge < -0.3 is 19.0 Å². The van der Waals surface area contributed by atoms with E-state index >= 15 is 0 Å². The lowest BCUT2D eigenvalue weighted by atomic mass is 10.3. The van der Waals surface area contributed by atoms with Gasteiger partial charge in [-0.25, -0.2) is 0 Å². The predicted molar refractivity (Wildman–Crippen MR) is 60.1 cm³/mol. The highest BCUT2D eigenvalue weighted by Crippen LogP contribution is 2.11. The molecule has 0 aromatic heterocycles. The predicted octanol–water partition coefficient (Wildman–Crippen LogP) is 1.69. The molecule has 16 heavy (non-hydrogen) atoms. The Morgan fingerprint density at radius 2 is 2.25 bits per heavy atom. The molecule has 5 heteroatoms. The van der Waals surface area contributed by atoms with Gasteiger partial charge in [0.15, 0.2) is 5.79 Å². The van der Waals surface area contributed by atoms with Crippen molar-refractivity contribution in [1.82, 2.24) is 0 Å². The van der Waals surface area contributed by atoms with Gasteiger partial charge in [-0.2, -0.15) is 0 Å². The average molecular weight is 229 g/mol. The molecule has 1 heterocycles. The molecule has 0 aromatic carbocycles. The summed E-state index contributed by atoms with van der Waals surface area (Å²) >= 11 is 0. The summed E-state index contributed by atoms with van der Waals surface area (Å²) < 4.78 is 15.8. The van der Waals surface area contributed by atoms with Crippen molar-refractivity contribution in [3.63, 3.8) is 0 Å². The van der Waals surface area contributed by atoms with Crippen LogP contribution in [0.15, 0.2) is 17.3 Å². The van der Waals surface area contributed by atoms with E-state index in [2.05, 4.69) is 5.16 Å². The second kappa shape index (κ2) is 5.98. The van der Waals surface area contributed by atoms with Crippen LogP contribution in [0.1, 0.15) is 20.8 Å². The third-order valence-corrected chi connectivity index (χ3v) is 2.11. The Morgan fingerprint density at radius 3 is 2.75 bits per heavy atom. The van der Waals surface area contributed by atoms with Crippen molar-refractivity contribution >= 4 is 5.71 Å². The van der Waals surface area contributed by atoms with Crippen molar-refractivity contribution in [2.75, 3.05) is 20.3 Å². The normalized spacial score (nSPS) is 20.5. The monoisotopic (exact) mass is 229 g/mol. The van der Waals surface area contributed by atoms with Crippen LogP contribution in [0.3, 0.4) is 0 Å². The van der Waals surface area contributed by atoms with Crippen molar-refractivity contribution < 1.29 is 19.0 Å². The van der Waals surface area contributed by atoms with Crippen LogP contribution >= 0.6 is 0 Å². The summed E-state index contributed by atoms with van der Waals surface area (Å²) in [5.74, 6) is -0.618. The van der Waals surface area contributed by atoms with Crippen molar-refractivity contribution in [1.29, 1.82) is 0 Å². The van der Waals surface area contributed by atoms with Crippen LogP contribution in [-0.2, 0) is 19.0 Å². The van der Waals surface area contributed by atoms with Crippen molar-refractivity contribution in [3.05, 3.63) is 12.2 Å². The highest BCUT2D eigenvalue weighted by molar-refractivity contribution is 5.96. The molecule has 1 unspecified atom stereocenters. The molecule has 0 saturated heterocycles. The van der Waals surface area contributed by atoms with Gasteiger partial charge >= 0.3 is 0 Å². The lowest BCUT2D eigenvalue weighted by molar-refractivity contribution is -0.187. The van der Waals surface area contributed by atoms with Crippen LogP contribution < -0.4 is 0 Å². The maximum Gasteiger partial charge on any atom is 0.246 e. The molecule has 0 spiro atoms. The Kier molecular flexibility index (Phi) is 4.92. The molecule has 0 saturated carbocycles. The van der Waals surface area contributed by atoms with Gasteiger partial charge in [0.2, 0.25) is 6.29 Å². The minimum absolute atomic E-state index is 0.343. The number of rotatable bonds is 6. The number of hydrogen-bond donors (Lipinski definition) is 0. The number of ether oxygens (including phenoxy) is 3. The maximum atomic E-state index is 5.49. The molecule has 1 atom stereocenters. The summed E-state index contributed by atoms with van der Waals surface area (Å²) in [6.07, 6.45) is 3.24. The molecule has 0 aromatic rings. The molecule has 0 bridgehead atoms. The first kappa shape index (κ1) is 13.2. The van der Waals surface area contributed by atoms with Crippen LogP contribution in [-0.4, -0.2) is 38.1 Å². The zero-order valence-electron chi connectivity index (χ0n) is 10.2. The van der Waals surface area contributed by atoms with Crippen LogP contribution in [0.2, 0.25) is 0 Å². The van der Waals surface area contributed by atoms with E-state index in [1.54, 1.807) is 13.2 Å². The topological polar surface area (TPSA) is 49.3 Å². The number of oxime groups is 1. The van der Waals surface area contributed by atoms with Gasteiger partial charge in [0.25, 0.3) is 0 Å². The summed E-state index contributed by atoms with van der Waals surface area (Å²) in [5.41, 5.74) is 0.709. The van der Waals surface area contributed by atoms with Crippen LogP contribution in [0.25, 0.3) is 0 Å². The fraction of sp³-hybridized carbons (Fsp3) is 0.727. The van der Waals surface area contributed by atoms with E-state index in [9.17, 15) is 0 Å². The summed E-state index contributed by atoms with van der Waals surface area (Å²) in [6.45, 7) is 6.51. The van der Waals surface area contributed by atoms with Crippen LogP contribution in [0.4, 0.5) is 0 Å². The maximum absolute atomic E-state index is 5.49. The second-order valence-electron chi connectivity index (χ2n) is 3.76. The Morgan fingerprint density at radius 1 is 1.50 bits per heavy atom. The quantitative estimate of drug-likeness (QED) is 0.650. The molecule has 1 aliphatic heterocycles. The Hall–Kier alpha value is -0.910. The molecular weight excluding hydrogens is 210 g/mol. The van der Waals surface area contributed by atoms with E-state index < -0.39 is 5.79 Å². The smallest absolute Gasteiger partial charge is 0.246 e. The van der Waals surface area contributed by atoms with Crippen molar-refractivity contribution in [2.24, 2.45) is 5.16 Å². The van der Waals surface area contributed by atoms with Crippen molar-refractivity contribution in [3.8, 4) is 0 Å². The highest BCUT2D eigenvalue weighted by atomic mass is 16.8. The number of methoxy groups -OCH3 is 1. The van der Waals surface area contributed by atoms with Crippen molar-refractivity contribution in [2.45, 2.75) is 32.8 Å². The fourth-order valence-electron chi connectivity index (χ4n) is 1.01. The largest absolute Gasteiger partial charge is 0.359 e. The lowest BCUT2D eigenvalue weighted by Crippen LogP contribution is -2.30. The Labute approximate surface area is 96.0 Å². The summed E-state index contributed by atoms with van der Waals surface area (Å²) in [5, 5.41) is 3.89. The third kappa shape index (κ3) is 4.30. The first-order valence-electron chi connectivity index (χ1n) is 5.29. The van der Waals surface area contributed by atoms with Crippen LogP contribution in [0, 0.1) is 0 Å². The molecule has 92 valence electrons. The zero-order chi connectivity index (χ0) is 12.0. The number of hydrogen-bond acceptors (Lipinski definition) is 5. The average Bonchev–Trinajstić information content (AvgIpc) is 2.29. The van der Waals surface area contributed by atoms with E-state index in [0.717, 1.165) is 0 Å². The van der Waals surface area contributed by atoms with Gasteiger partial charge in [-0.3, -0.25) is 0 Å². The number of nitrogens with zero attached hydrogens (tertiary/aromatic N) is 1. The van der Waals surface area contributed by atoms with Crippen LogP contribution in [0.5, 0.6) is 0 Å². The van der Waals surface area contributed by atoms with E-state index in [-0.39, 0.29) is 6.29 Å². The Balaban J connectivity index is 2.34. The molecular formula is C11H19NO4.